The van der Waals surface area contributed by atoms with E-state index >= 15 is 0 Å². The molecule has 0 unspecified atom stereocenters. The molecule has 1 heterocycles. The van der Waals surface area contributed by atoms with Crippen molar-refractivity contribution < 1.29 is 9.53 Å². The quantitative estimate of drug-likeness (QED) is 0.204. The van der Waals surface area contributed by atoms with Crippen molar-refractivity contribution in [3.8, 4) is 5.88 Å². The van der Waals surface area contributed by atoms with Gasteiger partial charge in [0.2, 0.25) is 11.8 Å². The molecular formula is C19H30IN5O2. The Bertz CT molecular complexity index is 615. The minimum atomic E-state index is 0. The number of ether oxygens (including phenoxy) is 1. The van der Waals surface area contributed by atoms with E-state index in [1.165, 1.54) is 12.8 Å². The van der Waals surface area contributed by atoms with Gasteiger partial charge in [0, 0.05) is 37.8 Å². The Kier molecular flexibility index (Phi) is 9.09. The van der Waals surface area contributed by atoms with Gasteiger partial charge in [0.15, 0.2) is 5.96 Å². The summed E-state index contributed by atoms with van der Waals surface area (Å²) in [5.41, 5.74) is 1.03. The van der Waals surface area contributed by atoms with Gasteiger partial charge in [-0.05, 0) is 44.1 Å². The molecule has 27 heavy (non-hydrogen) atoms. The van der Waals surface area contributed by atoms with Crippen LogP contribution in [0.1, 0.15) is 38.2 Å². The predicted molar refractivity (Wildman–Crippen MR) is 116 cm³/mol. The van der Waals surface area contributed by atoms with Crippen LogP contribution in [0.3, 0.4) is 0 Å². The SMILES string of the molecule is CCNC(=NCc1ccc(OCC2CC2)nc1)NCCNC(=O)C1CC1.I. The summed E-state index contributed by atoms with van der Waals surface area (Å²) < 4.78 is 5.65. The Morgan fingerprint density at radius 2 is 1.96 bits per heavy atom. The van der Waals surface area contributed by atoms with Crippen LogP contribution in [0.15, 0.2) is 23.3 Å². The van der Waals surface area contributed by atoms with E-state index in [9.17, 15) is 4.79 Å². The number of guanidine groups is 1. The fourth-order valence-electron chi connectivity index (χ4n) is 2.45. The van der Waals surface area contributed by atoms with Crippen LogP contribution in [0.25, 0.3) is 0 Å². The number of carbonyl (C=O) groups is 1. The lowest BCUT2D eigenvalue weighted by Gasteiger charge is -2.12. The van der Waals surface area contributed by atoms with Crippen LogP contribution in [0.4, 0.5) is 0 Å². The Balaban J connectivity index is 0.00000261. The zero-order chi connectivity index (χ0) is 18.2. The van der Waals surface area contributed by atoms with Gasteiger partial charge < -0.3 is 20.7 Å². The summed E-state index contributed by atoms with van der Waals surface area (Å²) in [5.74, 6) is 2.57. The fraction of sp³-hybridized carbons (Fsp3) is 0.632. The number of amides is 1. The lowest BCUT2D eigenvalue weighted by Crippen LogP contribution is -2.41. The minimum Gasteiger partial charge on any atom is -0.477 e. The molecule has 0 aromatic carbocycles. The van der Waals surface area contributed by atoms with Gasteiger partial charge in [-0.15, -0.1) is 24.0 Å². The highest BCUT2D eigenvalue weighted by Gasteiger charge is 2.28. The number of halogens is 1. The smallest absolute Gasteiger partial charge is 0.223 e. The summed E-state index contributed by atoms with van der Waals surface area (Å²) in [5, 5.41) is 9.38. The summed E-state index contributed by atoms with van der Waals surface area (Å²) in [6.45, 7) is 5.38. The van der Waals surface area contributed by atoms with Gasteiger partial charge in [-0.25, -0.2) is 9.98 Å². The Morgan fingerprint density at radius 3 is 2.59 bits per heavy atom. The third kappa shape index (κ3) is 8.32. The van der Waals surface area contributed by atoms with Gasteiger partial charge in [0.05, 0.1) is 13.2 Å². The molecule has 7 nitrogen and oxygen atoms in total. The highest BCUT2D eigenvalue weighted by molar-refractivity contribution is 14.0. The van der Waals surface area contributed by atoms with Gasteiger partial charge in [-0.2, -0.15) is 0 Å². The highest BCUT2D eigenvalue weighted by Crippen LogP contribution is 2.29. The van der Waals surface area contributed by atoms with Crippen molar-refractivity contribution in [1.82, 2.24) is 20.9 Å². The van der Waals surface area contributed by atoms with Crippen molar-refractivity contribution in [1.29, 1.82) is 0 Å². The molecule has 3 rings (SSSR count). The van der Waals surface area contributed by atoms with E-state index in [2.05, 4.69) is 25.9 Å². The van der Waals surface area contributed by atoms with E-state index in [1.54, 1.807) is 0 Å². The molecule has 2 aliphatic rings. The van der Waals surface area contributed by atoms with Gasteiger partial charge in [0.25, 0.3) is 0 Å². The van der Waals surface area contributed by atoms with Crippen molar-refractivity contribution in [2.24, 2.45) is 16.8 Å². The normalized spacial score (nSPS) is 16.3. The van der Waals surface area contributed by atoms with Crippen LogP contribution in [0, 0.1) is 11.8 Å². The zero-order valence-electron chi connectivity index (χ0n) is 15.9. The van der Waals surface area contributed by atoms with E-state index in [0.29, 0.717) is 25.5 Å². The maximum Gasteiger partial charge on any atom is 0.223 e. The Hall–Kier alpha value is -1.58. The summed E-state index contributed by atoms with van der Waals surface area (Å²) in [6, 6.07) is 3.90. The molecule has 0 atom stereocenters. The maximum atomic E-state index is 11.6. The van der Waals surface area contributed by atoms with Crippen molar-refractivity contribution in [2.75, 3.05) is 26.2 Å². The van der Waals surface area contributed by atoms with Crippen LogP contribution in [0.2, 0.25) is 0 Å². The number of carbonyl (C=O) groups excluding carboxylic acids is 1. The number of nitrogens with zero attached hydrogens (tertiary/aromatic N) is 2. The summed E-state index contributed by atoms with van der Waals surface area (Å²) in [6.07, 6.45) is 6.42. The first-order valence-corrected chi connectivity index (χ1v) is 9.62. The van der Waals surface area contributed by atoms with Crippen LogP contribution < -0.4 is 20.7 Å². The lowest BCUT2D eigenvalue weighted by molar-refractivity contribution is -0.122. The lowest BCUT2D eigenvalue weighted by atomic mass is 10.3. The molecule has 0 radical (unpaired) electrons. The fourth-order valence-corrected chi connectivity index (χ4v) is 2.45. The number of aromatic nitrogens is 1. The standard InChI is InChI=1S/C19H29N5O2.HI/c1-2-20-19(22-10-9-21-18(25)16-6-7-16)24-12-15-5-8-17(23-11-15)26-13-14-3-4-14;/h5,8,11,14,16H,2-4,6-7,9-10,12-13H2,1H3,(H,21,25)(H2,20,22,24);1H. The molecule has 2 fully saturated rings. The molecule has 0 aliphatic heterocycles. The average Bonchev–Trinajstić information content (AvgIpc) is 3.55. The van der Waals surface area contributed by atoms with Crippen LogP contribution in [-0.2, 0) is 11.3 Å². The number of pyridine rings is 1. The number of aliphatic imine (C=N–C) groups is 1. The van der Waals surface area contributed by atoms with Crippen molar-refractivity contribution in [3.05, 3.63) is 23.9 Å². The Labute approximate surface area is 178 Å². The zero-order valence-corrected chi connectivity index (χ0v) is 18.2. The topological polar surface area (TPSA) is 87.6 Å². The molecule has 0 bridgehead atoms. The minimum absolute atomic E-state index is 0. The summed E-state index contributed by atoms with van der Waals surface area (Å²) in [7, 11) is 0. The van der Waals surface area contributed by atoms with E-state index in [-0.39, 0.29) is 35.8 Å². The first-order chi connectivity index (χ1) is 12.7. The molecule has 2 saturated carbocycles. The second kappa shape index (κ2) is 11.3. The molecular weight excluding hydrogens is 457 g/mol. The second-order valence-corrected chi connectivity index (χ2v) is 6.95. The predicted octanol–water partition coefficient (Wildman–Crippen LogP) is 2.07. The largest absolute Gasteiger partial charge is 0.477 e. The average molecular weight is 487 g/mol. The van der Waals surface area contributed by atoms with Gasteiger partial charge in [-0.3, -0.25) is 4.79 Å². The second-order valence-electron chi connectivity index (χ2n) is 6.95. The number of nitrogens with one attached hydrogen (secondary N) is 3. The molecule has 0 saturated heterocycles. The van der Waals surface area contributed by atoms with E-state index in [1.807, 2.05) is 25.3 Å². The van der Waals surface area contributed by atoms with E-state index in [4.69, 9.17) is 4.74 Å². The first-order valence-electron chi connectivity index (χ1n) is 9.62. The molecule has 150 valence electrons. The van der Waals surface area contributed by atoms with Crippen molar-refractivity contribution in [3.63, 3.8) is 0 Å². The molecule has 1 aromatic rings. The maximum absolute atomic E-state index is 11.6. The highest BCUT2D eigenvalue weighted by atomic mass is 127. The van der Waals surface area contributed by atoms with Crippen molar-refractivity contribution in [2.45, 2.75) is 39.2 Å². The van der Waals surface area contributed by atoms with E-state index in [0.717, 1.165) is 43.4 Å². The number of hydrogen-bond donors (Lipinski definition) is 3. The first kappa shape index (κ1) is 21.7. The molecule has 8 heteroatoms. The third-order valence-electron chi connectivity index (χ3n) is 4.39. The number of hydrogen-bond acceptors (Lipinski definition) is 4. The van der Waals surface area contributed by atoms with Crippen LogP contribution in [-0.4, -0.2) is 43.1 Å². The monoisotopic (exact) mass is 487 g/mol. The van der Waals surface area contributed by atoms with Crippen LogP contribution >= 0.6 is 24.0 Å². The summed E-state index contributed by atoms with van der Waals surface area (Å²) >= 11 is 0. The molecule has 3 N–H and O–H groups in total. The molecule has 2 aliphatic carbocycles. The van der Waals surface area contributed by atoms with Gasteiger partial charge in [-0.1, -0.05) is 6.07 Å². The van der Waals surface area contributed by atoms with Crippen molar-refractivity contribution >= 4 is 35.8 Å². The van der Waals surface area contributed by atoms with E-state index < -0.39 is 0 Å². The third-order valence-corrected chi connectivity index (χ3v) is 4.39. The van der Waals surface area contributed by atoms with Gasteiger partial charge in [0.1, 0.15) is 0 Å². The van der Waals surface area contributed by atoms with Crippen LogP contribution in [0.5, 0.6) is 5.88 Å². The Morgan fingerprint density at radius 1 is 1.19 bits per heavy atom. The molecule has 1 aromatic heterocycles. The molecule has 0 spiro atoms. The number of rotatable bonds is 10. The van der Waals surface area contributed by atoms with Gasteiger partial charge >= 0.3 is 0 Å². The molecule has 1 amide bonds. The summed E-state index contributed by atoms with van der Waals surface area (Å²) in [4.78, 5) is 20.5.